The molecule has 0 amide bonds. The second kappa shape index (κ2) is 3.43. The minimum Gasteiger partial charge on any atom is -0.354 e. The number of hydrogen-bond donors (Lipinski definition) is 1. The van der Waals surface area contributed by atoms with Crippen LogP contribution in [0.4, 0.5) is 0 Å². The molecule has 4 rings (SSSR count). The van der Waals surface area contributed by atoms with E-state index in [1.54, 1.807) is 6.33 Å². The first-order valence-electron chi connectivity index (χ1n) is 5.62. The van der Waals surface area contributed by atoms with E-state index in [0.29, 0.717) is 0 Å². The zero-order valence-electron chi connectivity index (χ0n) is 9.31. The van der Waals surface area contributed by atoms with Crippen molar-refractivity contribution in [2.75, 3.05) is 0 Å². The fraction of sp³-hybridized carbons (Fsp3) is 0. The number of fused-ring (bicyclic) bond motifs is 5. The number of nitrogens with zero attached hydrogens (tertiary/aromatic N) is 2. The summed E-state index contributed by atoms with van der Waals surface area (Å²) in [7, 11) is 0. The van der Waals surface area contributed by atoms with Crippen molar-refractivity contribution in [2.45, 2.75) is 0 Å². The van der Waals surface area contributed by atoms with Crippen LogP contribution in [0.1, 0.15) is 0 Å². The zero-order chi connectivity index (χ0) is 12.1. The second-order valence-electron chi connectivity index (χ2n) is 4.26. The third-order valence-corrected chi connectivity index (χ3v) is 3.43. The third kappa shape index (κ3) is 1.25. The Bertz CT molecular complexity index is 895. The second-order valence-corrected chi connectivity index (χ2v) is 4.70. The van der Waals surface area contributed by atoms with E-state index in [2.05, 4.69) is 21.0 Å². The molecule has 0 saturated heterocycles. The van der Waals surface area contributed by atoms with Crippen LogP contribution in [0.2, 0.25) is 5.02 Å². The highest BCUT2D eigenvalue weighted by Gasteiger charge is 2.09. The van der Waals surface area contributed by atoms with Crippen LogP contribution in [0.25, 0.3) is 32.7 Å². The largest absolute Gasteiger partial charge is 0.354 e. The van der Waals surface area contributed by atoms with Crippen molar-refractivity contribution in [3.05, 3.63) is 47.9 Å². The molecule has 0 unspecified atom stereocenters. The lowest BCUT2D eigenvalue weighted by Gasteiger charge is -1.98. The van der Waals surface area contributed by atoms with E-state index in [9.17, 15) is 0 Å². The van der Waals surface area contributed by atoms with Crippen LogP contribution in [-0.4, -0.2) is 15.0 Å². The minimum atomic E-state index is 0.731. The highest BCUT2D eigenvalue weighted by atomic mass is 35.5. The zero-order valence-corrected chi connectivity index (χ0v) is 10.1. The lowest BCUT2D eigenvalue weighted by atomic mass is 10.1. The molecule has 0 aliphatic carbocycles. The van der Waals surface area contributed by atoms with Gasteiger partial charge in [-0.2, -0.15) is 0 Å². The summed E-state index contributed by atoms with van der Waals surface area (Å²) in [4.78, 5) is 11.8. The van der Waals surface area contributed by atoms with E-state index in [1.165, 1.54) is 0 Å². The van der Waals surface area contributed by atoms with Gasteiger partial charge in [0.05, 0.1) is 5.52 Å². The van der Waals surface area contributed by atoms with Crippen molar-refractivity contribution in [2.24, 2.45) is 0 Å². The minimum absolute atomic E-state index is 0.731. The summed E-state index contributed by atoms with van der Waals surface area (Å²) in [6.07, 6.45) is 3.40. The molecule has 0 bridgehead atoms. The van der Waals surface area contributed by atoms with E-state index in [1.807, 2.05) is 30.5 Å². The van der Waals surface area contributed by atoms with Gasteiger partial charge in [0.25, 0.3) is 0 Å². The van der Waals surface area contributed by atoms with Gasteiger partial charge in [-0.25, -0.2) is 9.97 Å². The highest BCUT2D eigenvalue weighted by molar-refractivity contribution is 6.32. The molecular formula is C14H8ClN3. The average Bonchev–Trinajstić information content (AvgIpc) is 2.77. The monoisotopic (exact) mass is 253 g/mol. The molecule has 0 saturated carbocycles. The Morgan fingerprint density at radius 1 is 1.06 bits per heavy atom. The number of nitrogens with one attached hydrogen (secondary N) is 1. The normalized spacial score (nSPS) is 11.6. The summed E-state index contributed by atoms with van der Waals surface area (Å²) in [6.45, 7) is 0. The standard InChI is InChI=1S/C14H8ClN3/c15-9-2-4-11-10(5-9)13-12(18-11)3-1-8-6-16-7-17-14(8)13/h1-7,18H. The van der Waals surface area contributed by atoms with Crippen LogP contribution in [0.5, 0.6) is 0 Å². The molecule has 0 atom stereocenters. The quantitative estimate of drug-likeness (QED) is 0.516. The van der Waals surface area contributed by atoms with Gasteiger partial charge in [-0.3, -0.25) is 0 Å². The van der Waals surface area contributed by atoms with Crippen molar-refractivity contribution in [3.8, 4) is 0 Å². The molecular weight excluding hydrogens is 246 g/mol. The number of H-pyrrole nitrogens is 1. The SMILES string of the molecule is Clc1ccc2[nH]c3ccc4cncnc4c3c2c1. The lowest BCUT2D eigenvalue weighted by Crippen LogP contribution is -1.81. The molecule has 2 heterocycles. The summed E-state index contributed by atoms with van der Waals surface area (Å²) >= 11 is 6.08. The van der Waals surface area contributed by atoms with Crippen molar-refractivity contribution >= 4 is 44.3 Å². The van der Waals surface area contributed by atoms with E-state index in [0.717, 1.165) is 37.7 Å². The van der Waals surface area contributed by atoms with Crippen LogP contribution in [-0.2, 0) is 0 Å². The first-order valence-corrected chi connectivity index (χ1v) is 6.00. The Morgan fingerprint density at radius 3 is 2.89 bits per heavy atom. The van der Waals surface area contributed by atoms with E-state index in [-0.39, 0.29) is 0 Å². The highest BCUT2D eigenvalue weighted by Crippen LogP contribution is 2.32. The molecule has 4 heteroatoms. The first kappa shape index (κ1) is 9.85. The molecule has 86 valence electrons. The average molecular weight is 254 g/mol. The molecule has 0 radical (unpaired) electrons. The Morgan fingerprint density at radius 2 is 1.94 bits per heavy atom. The molecule has 2 aromatic carbocycles. The fourth-order valence-corrected chi connectivity index (χ4v) is 2.58. The number of rotatable bonds is 0. The molecule has 18 heavy (non-hydrogen) atoms. The summed E-state index contributed by atoms with van der Waals surface area (Å²) in [6, 6.07) is 9.92. The Balaban J connectivity index is 2.35. The predicted octanol–water partition coefficient (Wildman–Crippen LogP) is 3.92. The number of aromatic amines is 1. The third-order valence-electron chi connectivity index (χ3n) is 3.20. The van der Waals surface area contributed by atoms with E-state index in [4.69, 9.17) is 11.6 Å². The molecule has 0 fully saturated rings. The predicted molar refractivity (Wildman–Crippen MR) is 73.9 cm³/mol. The first-order chi connectivity index (χ1) is 8.83. The number of aromatic nitrogens is 3. The molecule has 0 aliphatic heterocycles. The maximum Gasteiger partial charge on any atom is 0.116 e. The van der Waals surface area contributed by atoms with E-state index >= 15 is 0 Å². The van der Waals surface area contributed by atoms with Gasteiger partial charge in [-0.1, -0.05) is 11.6 Å². The van der Waals surface area contributed by atoms with Crippen molar-refractivity contribution in [1.82, 2.24) is 15.0 Å². The van der Waals surface area contributed by atoms with Gasteiger partial charge in [0, 0.05) is 38.4 Å². The maximum atomic E-state index is 6.08. The molecule has 1 N–H and O–H groups in total. The summed E-state index contributed by atoms with van der Waals surface area (Å²) < 4.78 is 0. The molecule has 2 aromatic heterocycles. The number of benzene rings is 2. The van der Waals surface area contributed by atoms with Gasteiger partial charge in [0.15, 0.2) is 0 Å². The van der Waals surface area contributed by atoms with Crippen LogP contribution in [0.15, 0.2) is 42.9 Å². The van der Waals surface area contributed by atoms with Crippen LogP contribution < -0.4 is 0 Å². The summed E-state index contributed by atoms with van der Waals surface area (Å²) in [5, 5.41) is 3.97. The van der Waals surface area contributed by atoms with E-state index < -0.39 is 0 Å². The maximum absolute atomic E-state index is 6.08. The smallest absolute Gasteiger partial charge is 0.116 e. The van der Waals surface area contributed by atoms with Gasteiger partial charge >= 0.3 is 0 Å². The van der Waals surface area contributed by atoms with Crippen molar-refractivity contribution < 1.29 is 0 Å². The number of halogens is 1. The molecule has 3 nitrogen and oxygen atoms in total. The summed E-state index contributed by atoms with van der Waals surface area (Å²) in [5.41, 5.74) is 3.09. The summed E-state index contributed by atoms with van der Waals surface area (Å²) in [5.74, 6) is 0. The van der Waals surface area contributed by atoms with Crippen molar-refractivity contribution in [1.29, 1.82) is 0 Å². The van der Waals surface area contributed by atoms with Crippen LogP contribution in [0.3, 0.4) is 0 Å². The van der Waals surface area contributed by atoms with Crippen LogP contribution >= 0.6 is 11.6 Å². The lowest BCUT2D eigenvalue weighted by molar-refractivity contribution is 1.23. The van der Waals surface area contributed by atoms with Gasteiger partial charge < -0.3 is 4.98 Å². The topological polar surface area (TPSA) is 41.6 Å². The van der Waals surface area contributed by atoms with Crippen molar-refractivity contribution in [3.63, 3.8) is 0 Å². The number of hydrogen-bond acceptors (Lipinski definition) is 2. The Hall–Kier alpha value is -2.13. The van der Waals surface area contributed by atoms with Gasteiger partial charge in [-0.15, -0.1) is 0 Å². The van der Waals surface area contributed by atoms with Crippen LogP contribution in [0, 0.1) is 0 Å². The van der Waals surface area contributed by atoms with Gasteiger partial charge in [0.1, 0.15) is 6.33 Å². The molecule has 4 aromatic rings. The molecule has 0 spiro atoms. The fourth-order valence-electron chi connectivity index (χ4n) is 2.41. The van der Waals surface area contributed by atoms with Gasteiger partial charge in [0.2, 0.25) is 0 Å². The molecule has 0 aliphatic rings. The Labute approximate surface area is 107 Å². The van der Waals surface area contributed by atoms with Gasteiger partial charge in [-0.05, 0) is 30.3 Å². The Kier molecular flexibility index (Phi) is 1.88.